The Morgan fingerprint density at radius 2 is 2.05 bits per heavy atom. The van der Waals surface area contributed by atoms with Gasteiger partial charge in [-0.1, -0.05) is 39.0 Å². The summed E-state index contributed by atoms with van der Waals surface area (Å²) in [6, 6.07) is 6.61. The largest absolute Gasteiger partial charge is 0.493 e. The molecule has 106 valence electrons. The predicted molar refractivity (Wildman–Crippen MR) is 80.8 cm³/mol. The third-order valence-electron chi connectivity index (χ3n) is 3.63. The molecule has 0 radical (unpaired) electrons. The number of benzene rings is 1. The van der Waals surface area contributed by atoms with E-state index in [4.69, 9.17) is 4.74 Å². The Morgan fingerprint density at radius 1 is 1.21 bits per heavy atom. The van der Waals surface area contributed by atoms with E-state index in [1.54, 1.807) is 0 Å². The van der Waals surface area contributed by atoms with Crippen LogP contribution >= 0.6 is 0 Å². The maximum absolute atomic E-state index is 5.88. The highest BCUT2D eigenvalue weighted by Crippen LogP contribution is 2.30. The lowest BCUT2D eigenvalue weighted by Gasteiger charge is -2.22. The van der Waals surface area contributed by atoms with E-state index in [1.807, 2.05) is 0 Å². The van der Waals surface area contributed by atoms with E-state index in [-0.39, 0.29) is 0 Å². The van der Waals surface area contributed by atoms with E-state index < -0.39 is 0 Å². The van der Waals surface area contributed by atoms with Crippen molar-refractivity contribution < 1.29 is 4.74 Å². The van der Waals surface area contributed by atoms with Gasteiger partial charge in [-0.15, -0.1) is 0 Å². The molecular weight excluding hydrogens is 234 g/mol. The smallest absolute Gasteiger partial charge is 0.125 e. The van der Waals surface area contributed by atoms with Crippen LogP contribution in [0, 0.1) is 11.8 Å². The fraction of sp³-hybridized carbons (Fsp3) is 0.647. The lowest BCUT2D eigenvalue weighted by molar-refractivity contribution is 0.283. The van der Waals surface area contributed by atoms with Gasteiger partial charge in [-0.05, 0) is 55.3 Å². The SMILES string of the molecule is CC(C)CNCC(C)Cc1cccc2c1OCCC2. The summed E-state index contributed by atoms with van der Waals surface area (Å²) in [6.07, 6.45) is 3.43. The predicted octanol–water partition coefficient (Wildman–Crippen LogP) is 3.44. The molecule has 0 spiro atoms. The molecule has 1 unspecified atom stereocenters. The number of aryl methyl sites for hydroxylation is 1. The van der Waals surface area contributed by atoms with Gasteiger partial charge in [0.15, 0.2) is 0 Å². The first-order valence-electron chi connectivity index (χ1n) is 7.61. The normalized spacial score (nSPS) is 16.0. The van der Waals surface area contributed by atoms with Crippen molar-refractivity contribution >= 4 is 0 Å². The molecular formula is C17H27NO. The number of hydrogen-bond donors (Lipinski definition) is 1. The quantitative estimate of drug-likeness (QED) is 0.847. The summed E-state index contributed by atoms with van der Waals surface area (Å²) in [5, 5.41) is 3.54. The van der Waals surface area contributed by atoms with E-state index in [0.29, 0.717) is 5.92 Å². The average Bonchev–Trinajstić information content (AvgIpc) is 2.39. The first kappa shape index (κ1) is 14.4. The maximum atomic E-state index is 5.88. The van der Waals surface area contributed by atoms with Crippen molar-refractivity contribution in [3.63, 3.8) is 0 Å². The molecule has 1 aromatic rings. The lowest BCUT2D eigenvalue weighted by Crippen LogP contribution is -2.26. The van der Waals surface area contributed by atoms with Crippen molar-refractivity contribution in [2.45, 2.75) is 40.0 Å². The minimum absolute atomic E-state index is 0.649. The van der Waals surface area contributed by atoms with Crippen molar-refractivity contribution in [3.05, 3.63) is 29.3 Å². The van der Waals surface area contributed by atoms with E-state index in [0.717, 1.165) is 38.5 Å². The van der Waals surface area contributed by atoms with Gasteiger partial charge in [-0.2, -0.15) is 0 Å². The molecule has 1 aromatic carbocycles. The first-order valence-corrected chi connectivity index (χ1v) is 7.61. The van der Waals surface area contributed by atoms with Crippen LogP contribution in [0.25, 0.3) is 0 Å². The molecule has 0 amide bonds. The number of ether oxygens (including phenoxy) is 1. The Morgan fingerprint density at radius 3 is 2.84 bits per heavy atom. The van der Waals surface area contributed by atoms with Crippen LogP contribution in [0.15, 0.2) is 18.2 Å². The highest BCUT2D eigenvalue weighted by atomic mass is 16.5. The van der Waals surface area contributed by atoms with Gasteiger partial charge in [-0.25, -0.2) is 0 Å². The monoisotopic (exact) mass is 261 g/mol. The number of nitrogens with one attached hydrogen (secondary N) is 1. The van der Waals surface area contributed by atoms with Crippen molar-refractivity contribution in [1.82, 2.24) is 5.32 Å². The van der Waals surface area contributed by atoms with Crippen molar-refractivity contribution in [2.75, 3.05) is 19.7 Å². The molecule has 0 fully saturated rings. The molecule has 1 atom stereocenters. The van der Waals surface area contributed by atoms with Crippen LogP contribution < -0.4 is 10.1 Å². The Kier molecular flexibility index (Phi) is 5.26. The summed E-state index contributed by atoms with van der Waals surface area (Å²) in [5.41, 5.74) is 2.78. The van der Waals surface area contributed by atoms with Crippen LogP contribution in [0.4, 0.5) is 0 Å². The van der Waals surface area contributed by atoms with Gasteiger partial charge in [-0.3, -0.25) is 0 Å². The van der Waals surface area contributed by atoms with E-state index in [1.165, 1.54) is 23.3 Å². The summed E-state index contributed by atoms with van der Waals surface area (Å²) in [5.74, 6) is 2.54. The molecule has 1 heterocycles. The van der Waals surface area contributed by atoms with Crippen LogP contribution in [0.2, 0.25) is 0 Å². The number of hydrogen-bond acceptors (Lipinski definition) is 2. The standard InChI is InChI=1S/C17H27NO/c1-13(2)11-18-12-14(3)10-16-7-4-6-15-8-5-9-19-17(15)16/h4,6-7,13-14,18H,5,8-12H2,1-3H3. The Hall–Kier alpha value is -1.02. The molecule has 0 saturated carbocycles. The van der Waals surface area contributed by atoms with Crippen LogP contribution in [0.5, 0.6) is 5.75 Å². The van der Waals surface area contributed by atoms with Gasteiger partial charge in [0.25, 0.3) is 0 Å². The summed E-state index contributed by atoms with van der Waals surface area (Å²) in [6.45, 7) is 9.88. The van der Waals surface area contributed by atoms with E-state index >= 15 is 0 Å². The molecule has 0 saturated heterocycles. The van der Waals surface area contributed by atoms with Crippen LogP contribution in [-0.2, 0) is 12.8 Å². The zero-order chi connectivity index (χ0) is 13.7. The topological polar surface area (TPSA) is 21.3 Å². The first-order chi connectivity index (χ1) is 9.16. The summed E-state index contributed by atoms with van der Waals surface area (Å²) in [4.78, 5) is 0. The van der Waals surface area contributed by atoms with Crippen molar-refractivity contribution in [1.29, 1.82) is 0 Å². The average molecular weight is 261 g/mol. The zero-order valence-corrected chi connectivity index (χ0v) is 12.5. The van der Waals surface area contributed by atoms with Gasteiger partial charge in [0.1, 0.15) is 5.75 Å². The van der Waals surface area contributed by atoms with Gasteiger partial charge in [0.05, 0.1) is 6.61 Å². The molecule has 2 nitrogen and oxygen atoms in total. The van der Waals surface area contributed by atoms with Crippen LogP contribution in [0.3, 0.4) is 0 Å². The molecule has 2 heteroatoms. The van der Waals surface area contributed by atoms with Crippen LogP contribution in [-0.4, -0.2) is 19.7 Å². The van der Waals surface area contributed by atoms with Gasteiger partial charge in [0, 0.05) is 0 Å². The molecule has 0 aromatic heterocycles. The number of fused-ring (bicyclic) bond motifs is 1. The fourth-order valence-electron chi connectivity index (χ4n) is 2.68. The van der Waals surface area contributed by atoms with Crippen molar-refractivity contribution in [2.24, 2.45) is 11.8 Å². The highest BCUT2D eigenvalue weighted by Gasteiger charge is 2.15. The molecule has 2 rings (SSSR count). The molecule has 1 aliphatic rings. The highest BCUT2D eigenvalue weighted by molar-refractivity contribution is 5.43. The second-order valence-electron chi connectivity index (χ2n) is 6.22. The maximum Gasteiger partial charge on any atom is 0.125 e. The van der Waals surface area contributed by atoms with Gasteiger partial charge >= 0.3 is 0 Å². The molecule has 0 bridgehead atoms. The molecule has 0 aliphatic carbocycles. The molecule has 1 N–H and O–H groups in total. The second-order valence-corrected chi connectivity index (χ2v) is 6.22. The lowest BCUT2D eigenvalue weighted by atomic mass is 9.95. The second kappa shape index (κ2) is 6.95. The fourth-order valence-corrected chi connectivity index (χ4v) is 2.68. The minimum Gasteiger partial charge on any atom is -0.493 e. The van der Waals surface area contributed by atoms with Gasteiger partial charge < -0.3 is 10.1 Å². The summed E-state index contributed by atoms with van der Waals surface area (Å²) >= 11 is 0. The minimum atomic E-state index is 0.649. The van der Waals surface area contributed by atoms with E-state index in [9.17, 15) is 0 Å². The Balaban J connectivity index is 1.91. The Bertz CT molecular complexity index is 400. The number of para-hydroxylation sites is 1. The Labute approximate surface area is 117 Å². The third-order valence-corrected chi connectivity index (χ3v) is 3.63. The molecule has 1 aliphatic heterocycles. The van der Waals surface area contributed by atoms with Crippen LogP contribution in [0.1, 0.15) is 38.3 Å². The zero-order valence-electron chi connectivity index (χ0n) is 12.5. The molecule has 19 heavy (non-hydrogen) atoms. The van der Waals surface area contributed by atoms with Crippen molar-refractivity contribution in [3.8, 4) is 5.75 Å². The summed E-state index contributed by atoms with van der Waals surface area (Å²) in [7, 11) is 0. The van der Waals surface area contributed by atoms with Gasteiger partial charge in [0.2, 0.25) is 0 Å². The third kappa shape index (κ3) is 4.24. The number of rotatable bonds is 6. The summed E-state index contributed by atoms with van der Waals surface area (Å²) < 4.78 is 5.88. The van der Waals surface area contributed by atoms with E-state index in [2.05, 4.69) is 44.3 Å².